The molecule has 0 bridgehead atoms. The number of hydrogen-bond donors (Lipinski definition) is 1. The first-order valence-electron chi connectivity index (χ1n) is 6.19. The van der Waals surface area contributed by atoms with Gasteiger partial charge < -0.3 is 15.0 Å². The van der Waals surface area contributed by atoms with Crippen LogP contribution in [0.3, 0.4) is 0 Å². The molecule has 0 unspecified atom stereocenters. The molecule has 0 fully saturated rings. The van der Waals surface area contributed by atoms with Crippen LogP contribution in [0.5, 0.6) is 5.75 Å². The Hall–Kier alpha value is -1.55. The Bertz CT molecular complexity index is 378. The van der Waals surface area contributed by atoms with Crippen LogP contribution >= 0.6 is 0 Å². The van der Waals surface area contributed by atoms with Crippen molar-refractivity contribution in [2.75, 3.05) is 33.8 Å². The predicted octanol–water partition coefficient (Wildman–Crippen LogP) is 1.44. The number of rotatable bonds is 7. The second kappa shape index (κ2) is 7.71. The highest BCUT2D eigenvalue weighted by Crippen LogP contribution is 2.12. The van der Waals surface area contributed by atoms with Crippen molar-refractivity contribution >= 4 is 5.91 Å². The molecule has 0 spiro atoms. The topological polar surface area (TPSA) is 41.6 Å². The fourth-order valence-corrected chi connectivity index (χ4v) is 1.47. The van der Waals surface area contributed by atoms with Crippen molar-refractivity contribution in [1.29, 1.82) is 0 Å². The van der Waals surface area contributed by atoms with Crippen LogP contribution in [0.2, 0.25) is 0 Å². The van der Waals surface area contributed by atoms with Crippen LogP contribution in [0.15, 0.2) is 24.3 Å². The van der Waals surface area contributed by atoms with Gasteiger partial charge in [-0.25, -0.2) is 0 Å². The SMILES string of the molecule is Cc1cccc(OCCC(=O)NCCN(C)C)c1. The lowest BCUT2D eigenvalue weighted by Crippen LogP contribution is -2.32. The van der Waals surface area contributed by atoms with Crippen LogP contribution in [0.1, 0.15) is 12.0 Å². The Kier molecular flexibility index (Phi) is 6.22. The van der Waals surface area contributed by atoms with Gasteiger partial charge in [-0.2, -0.15) is 0 Å². The molecule has 1 N–H and O–H groups in total. The monoisotopic (exact) mass is 250 g/mol. The van der Waals surface area contributed by atoms with Gasteiger partial charge in [0.2, 0.25) is 5.91 Å². The maximum atomic E-state index is 11.5. The molecule has 0 aliphatic heterocycles. The molecule has 0 saturated heterocycles. The third-order valence-electron chi connectivity index (χ3n) is 2.47. The van der Waals surface area contributed by atoms with E-state index in [9.17, 15) is 4.79 Å². The van der Waals surface area contributed by atoms with E-state index in [0.29, 0.717) is 19.6 Å². The maximum Gasteiger partial charge on any atom is 0.223 e. The second-order valence-corrected chi connectivity index (χ2v) is 4.57. The summed E-state index contributed by atoms with van der Waals surface area (Å²) in [6.45, 7) is 3.96. The van der Waals surface area contributed by atoms with Crippen LogP contribution in [-0.2, 0) is 4.79 Å². The third-order valence-corrected chi connectivity index (χ3v) is 2.47. The molecule has 4 nitrogen and oxygen atoms in total. The molecule has 0 aliphatic carbocycles. The third kappa shape index (κ3) is 6.25. The molecule has 4 heteroatoms. The molecule has 1 aromatic carbocycles. The molecule has 0 saturated carbocycles. The van der Waals surface area contributed by atoms with Gasteiger partial charge in [-0.15, -0.1) is 0 Å². The lowest BCUT2D eigenvalue weighted by atomic mass is 10.2. The molecule has 18 heavy (non-hydrogen) atoms. The Morgan fingerprint density at radius 2 is 2.17 bits per heavy atom. The number of benzene rings is 1. The van der Waals surface area contributed by atoms with Gasteiger partial charge in [-0.05, 0) is 38.7 Å². The second-order valence-electron chi connectivity index (χ2n) is 4.57. The molecule has 0 radical (unpaired) electrons. The van der Waals surface area contributed by atoms with Crippen molar-refractivity contribution in [2.24, 2.45) is 0 Å². The van der Waals surface area contributed by atoms with Crippen LogP contribution in [0.25, 0.3) is 0 Å². The molecular weight excluding hydrogens is 228 g/mol. The van der Waals surface area contributed by atoms with Crippen molar-refractivity contribution in [3.05, 3.63) is 29.8 Å². The Balaban J connectivity index is 2.15. The number of nitrogens with one attached hydrogen (secondary N) is 1. The molecule has 1 rings (SSSR count). The van der Waals surface area contributed by atoms with Gasteiger partial charge in [-0.3, -0.25) is 4.79 Å². The van der Waals surface area contributed by atoms with E-state index < -0.39 is 0 Å². The maximum absolute atomic E-state index is 11.5. The highest BCUT2D eigenvalue weighted by atomic mass is 16.5. The normalized spacial score (nSPS) is 10.4. The van der Waals surface area contributed by atoms with Crippen LogP contribution in [0, 0.1) is 6.92 Å². The minimum atomic E-state index is 0.0319. The van der Waals surface area contributed by atoms with E-state index in [4.69, 9.17) is 4.74 Å². The van der Waals surface area contributed by atoms with Crippen molar-refractivity contribution < 1.29 is 9.53 Å². The van der Waals surface area contributed by atoms with Crippen molar-refractivity contribution in [1.82, 2.24) is 10.2 Å². The summed E-state index contributed by atoms with van der Waals surface area (Å²) >= 11 is 0. The van der Waals surface area contributed by atoms with Crippen molar-refractivity contribution in [3.8, 4) is 5.75 Å². The summed E-state index contributed by atoms with van der Waals surface area (Å²) in [6.07, 6.45) is 0.390. The zero-order chi connectivity index (χ0) is 13.4. The van der Waals surface area contributed by atoms with E-state index in [1.165, 1.54) is 0 Å². The number of amides is 1. The van der Waals surface area contributed by atoms with Crippen LogP contribution in [-0.4, -0.2) is 44.6 Å². The zero-order valence-corrected chi connectivity index (χ0v) is 11.4. The predicted molar refractivity (Wildman–Crippen MR) is 72.9 cm³/mol. The van der Waals surface area contributed by atoms with E-state index in [1.54, 1.807) is 0 Å². The van der Waals surface area contributed by atoms with Gasteiger partial charge >= 0.3 is 0 Å². The molecule has 0 heterocycles. The van der Waals surface area contributed by atoms with Gasteiger partial charge in [0.1, 0.15) is 5.75 Å². The largest absolute Gasteiger partial charge is 0.493 e. The standard InChI is InChI=1S/C14H22N2O2/c1-12-5-4-6-13(11-12)18-10-7-14(17)15-8-9-16(2)3/h4-6,11H,7-10H2,1-3H3,(H,15,17). The molecule has 0 aliphatic rings. The Labute approximate surface area is 109 Å². The number of carbonyl (C=O) groups excluding carboxylic acids is 1. The Morgan fingerprint density at radius 1 is 1.39 bits per heavy atom. The quantitative estimate of drug-likeness (QED) is 0.796. The average molecular weight is 250 g/mol. The number of ether oxygens (including phenoxy) is 1. The number of nitrogens with zero attached hydrogens (tertiary/aromatic N) is 1. The summed E-state index contributed by atoms with van der Waals surface area (Å²) in [7, 11) is 3.96. The molecule has 1 aromatic rings. The van der Waals surface area contributed by atoms with E-state index in [-0.39, 0.29) is 5.91 Å². The minimum absolute atomic E-state index is 0.0319. The summed E-state index contributed by atoms with van der Waals surface area (Å²) in [5.74, 6) is 0.848. The fourth-order valence-electron chi connectivity index (χ4n) is 1.47. The fraction of sp³-hybridized carbons (Fsp3) is 0.500. The van der Waals surface area contributed by atoms with E-state index in [1.807, 2.05) is 50.2 Å². The summed E-state index contributed by atoms with van der Waals surface area (Å²) in [6, 6.07) is 7.82. The van der Waals surface area contributed by atoms with Crippen molar-refractivity contribution in [3.63, 3.8) is 0 Å². The summed E-state index contributed by atoms with van der Waals surface area (Å²) < 4.78 is 5.51. The van der Waals surface area contributed by atoms with Gasteiger partial charge in [0.15, 0.2) is 0 Å². The van der Waals surface area contributed by atoms with Crippen molar-refractivity contribution in [2.45, 2.75) is 13.3 Å². The van der Waals surface area contributed by atoms with E-state index in [2.05, 4.69) is 5.32 Å². The smallest absolute Gasteiger partial charge is 0.223 e. The van der Waals surface area contributed by atoms with Gasteiger partial charge in [0, 0.05) is 13.1 Å². The lowest BCUT2D eigenvalue weighted by molar-refractivity contribution is -0.121. The molecule has 0 atom stereocenters. The molecule has 100 valence electrons. The number of carbonyl (C=O) groups is 1. The average Bonchev–Trinajstić information content (AvgIpc) is 2.28. The molecule has 1 amide bonds. The van der Waals surface area contributed by atoms with Gasteiger partial charge in [-0.1, -0.05) is 12.1 Å². The molecular formula is C14H22N2O2. The first-order chi connectivity index (χ1) is 8.58. The first-order valence-corrected chi connectivity index (χ1v) is 6.19. The Morgan fingerprint density at radius 3 is 2.83 bits per heavy atom. The number of likely N-dealkylation sites (N-methyl/N-ethyl adjacent to an activating group) is 1. The van der Waals surface area contributed by atoms with E-state index >= 15 is 0 Å². The lowest BCUT2D eigenvalue weighted by Gasteiger charge is -2.10. The van der Waals surface area contributed by atoms with Gasteiger partial charge in [0.25, 0.3) is 0 Å². The van der Waals surface area contributed by atoms with Crippen LogP contribution in [0.4, 0.5) is 0 Å². The molecule has 0 aromatic heterocycles. The summed E-state index contributed by atoms with van der Waals surface area (Å²) in [5.41, 5.74) is 1.16. The summed E-state index contributed by atoms with van der Waals surface area (Å²) in [4.78, 5) is 13.5. The zero-order valence-electron chi connectivity index (χ0n) is 11.4. The van der Waals surface area contributed by atoms with Gasteiger partial charge in [0.05, 0.1) is 13.0 Å². The minimum Gasteiger partial charge on any atom is -0.493 e. The first kappa shape index (κ1) is 14.5. The number of aryl methyl sites for hydroxylation is 1. The summed E-state index contributed by atoms with van der Waals surface area (Å²) in [5, 5.41) is 2.85. The van der Waals surface area contributed by atoms with E-state index in [0.717, 1.165) is 17.9 Å². The number of hydrogen-bond acceptors (Lipinski definition) is 3. The highest BCUT2D eigenvalue weighted by molar-refractivity contribution is 5.75. The highest BCUT2D eigenvalue weighted by Gasteiger charge is 2.01. The van der Waals surface area contributed by atoms with Crippen LogP contribution < -0.4 is 10.1 Å².